The summed E-state index contributed by atoms with van der Waals surface area (Å²) < 4.78 is 7.29. The molecule has 1 aromatic carbocycles. The van der Waals surface area contributed by atoms with Gasteiger partial charge >= 0.3 is 0 Å². The van der Waals surface area contributed by atoms with Crippen molar-refractivity contribution >= 4 is 28.1 Å². The van der Waals surface area contributed by atoms with Gasteiger partial charge in [-0.3, -0.25) is 14.4 Å². The van der Waals surface area contributed by atoms with E-state index < -0.39 is 11.3 Å². The molecule has 3 aromatic heterocycles. The maximum absolute atomic E-state index is 13.5. The average Bonchev–Trinajstić information content (AvgIpc) is 3.03. The number of fused-ring (bicyclic) bond motifs is 2. The fourth-order valence-electron chi connectivity index (χ4n) is 3.71. The number of rotatable bonds is 4. The van der Waals surface area contributed by atoms with Crippen LogP contribution in [0.25, 0.3) is 16.4 Å². The lowest BCUT2D eigenvalue weighted by Crippen LogP contribution is -2.26. The first kappa shape index (κ1) is 18.5. The third-order valence-corrected chi connectivity index (χ3v) is 5.08. The van der Waals surface area contributed by atoms with E-state index in [1.807, 2.05) is 25.1 Å². The fraction of sp³-hybridized carbons (Fsp3) is 0.136. The number of aromatic nitrogens is 2. The third kappa shape index (κ3) is 2.70. The van der Waals surface area contributed by atoms with Gasteiger partial charge in [0.1, 0.15) is 17.0 Å². The minimum Gasteiger partial charge on any atom is -0.494 e. The van der Waals surface area contributed by atoms with Crippen LogP contribution in [-0.4, -0.2) is 35.2 Å². The number of carbonyl (C=O) groups is 2. The molecular weight excluding hydrogens is 370 g/mol. The van der Waals surface area contributed by atoms with Crippen molar-refractivity contribution in [3.05, 3.63) is 81.4 Å². The summed E-state index contributed by atoms with van der Waals surface area (Å²) in [7, 11) is 3.03. The SMILES string of the molecule is CNC(=O)c1c[nH]c2c(C(=O)c3c(C)c(OC)c4ccccn34)cccc2c1=O. The van der Waals surface area contributed by atoms with Gasteiger partial charge in [-0.1, -0.05) is 12.1 Å². The van der Waals surface area contributed by atoms with Gasteiger partial charge in [0.2, 0.25) is 11.2 Å². The molecule has 2 N–H and O–H groups in total. The number of hydrogen-bond acceptors (Lipinski definition) is 4. The highest BCUT2D eigenvalue weighted by Gasteiger charge is 2.24. The Morgan fingerprint density at radius 1 is 1.10 bits per heavy atom. The minimum absolute atomic E-state index is 0.00409. The van der Waals surface area contributed by atoms with Gasteiger partial charge in [0, 0.05) is 36.0 Å². The van der Waals surface area contributed by atoms with Gasteiger partial charge in [0.05, 0.1) is 18.1 Å². The Morgan fingerprint density at radius 2 is 1.90 bits per heavy atom. The predicted octanol–water partition coefficient (Wildman–Crippen LogP) is 2.69. The fourth-order valence-corrected chi connectivity index (χ4v) is 3.71. The largest absolute Gasteiger partial charge is 0.494 e. The van der Waals surface area contributed by atoms with Gasteiger partial charge in [0.25, 0.3) is 5.91 Å². The van der Waals surface area contributed by atoms with E-state index in [0.29, 0.717) is 28.1 Å². The number of ketones is 1. The molecule has 4 rings (SSSR count). The number of amides is 1. The van der Waals surface area contributed by atoms with Crippen molar-refractivity contribution in [3.8, 4) is 5.75 Å². The van der Waals surface area contributed by atoms with Crippen molar-refractivity contribution in [1.82, 2.24) is 14.7 Å². The number of para-hydroxylation sites is 1. The second-order valence-electron chi connectivity index (χ2n) is 6.63. The summed E-state index contributed by atoms with van der Waals surface area (Å²) in [6, 6.07) is 10.5. The van der Waals surface area contributed by atoms with Gasteiger partial charge < -0.3 is 19.4 Å². The Labute approximate surface area is 165 Å². The van der Waals surface area contributed by atoms with Gasteiger partial charge in [0.15, 0.2) is 0 Å². The number of H-pyrrole nitrogens is 1. The summed E-state index contributed by atoms with van der Waals surface area (Å²) in [6.45, 7) is 1.83. The Balaban J connectivity index is 1.97. The molecule has 4 aromatic rings. The van der Waals surface area contributed by atoms with E-state index in [1.54, 1.807) is 35.9 Å². The zero-order valence-electron chi connectivity index (χ0n) is 16.2. The first-order valence-corrected chi connectivity index (χ1v) is 9.04. The highest BCUT2D eigenvalue weighted by atomic mass is 16.5. The molecule has 0 saturated carbocycles. The standard InChI is InChI=1S/C22H19N3O4/c1-12-18(25-10-5-4-9-16(25)21(12)29-3)20(27)14-8-6-7-13-17(14)24-11-15(19(13)26)22(28)23-2/h4-11H,1-3H3,(H,23,28)(H,24,26). The lowest BCUT2D eigenvalue weighted by molar-refractivity contribution is 0.0961. The second-order valence-corrected chi connectivity index (χ2v) is 6.63. The molecule has 3 heterocycles. The van der Waals surface area contributed by atoms with Crippen molar-refractivity contribution in [1.29, 1.82) is 0 Å². The molecular formula is C22H19N3O4. The second kappa shape index (κ2) is 6.94. The molecule has 0 bridgehead atoms. The van der Waals surface area contributed by atoms with Crippen LogP contribution in [0.5, 0.6) is 5.75 Å². The quantitative estimate of drug-likeness (QED) is 0.525. The van der Waals surface area contributed by atoms with Crippen molar-refractivity contribution in [2.75, 3.05) is 14.2 Å². The van der Waals surface area contributed by atoms with Crippen LogP contribution in [-0.2, 0) is 0 Å². The maximum atomic E-state index is 13.5. The number of benzene rings is 1. The first-order valence-electron chi connectivity index (χ1n) is 9.04. The molecule has 0 saturated heterocycles. The van der Waals surface area contributed by atoms with Gasteiger partial charge in [-0.05, 0) is 31.2 Å². The molecule has 0 atom stereocenters. The lowest BCUT2D eigenvalue weighted by Gasteiger charge is -2.08. The smallest absolute Gasteiger partial charge is 0.256 e. The predicted molar refractivity (Wildman–Crippen MR) is 110 cm³/mol. The highest BCUT2D eigenvalue weighted by molar-refractivity contribution is 6.16. The molecule has 1 amide bonds. The van der Waals surface area contributed by atoms with Crippen LogP contribution >= 0.6 is 0 Å². The Kier molecular flexibility index (Phi) is 4.43. The highest BCUT2D eigenvalue weighted by Crippen LogP contribution is 2.32. The van der Waals surface area contributed by atoms with E-state index in [-0.39, 0.29) is 16.7 Å². The Morgan fingerprint density at radius 3 is 2.62 bits per heavy atom. The van der Waals surface area contributed by atoms with Crippen LogP contribution in [0.2, 0.25) is 0 Å². The third-order valence-electron chi connectivity index (χ3n) is 5.08. The van der Waals surface area contributed by atoms with E-state index in [9.17, 15) is 14.4 Å². The average molecular weight is 389 g/mol. The zero-order valence-corrected chi connectivity index (χ0v) is 16.2. The number of aromatic amines is 1. The Hall–Kier alpha value is -3.87. The first-order chi connectivity index (χ1) is 14.0. The van der Waals surface area contributed by atoms with Crippen LogP contribution in [0.4, 0.5) is 0 Å². The van der Waals surface area contributed by atoms with Gasteiger partial charge in [-0.15, -0.1) is 0 Å². The van der Waals surface area contributed by atoms with E-state index in [2.05, 4.69) is 10.3 Å². The van der Waals surface area contributed by atoms with E-state index in [4.69, 9.17) is 4.74 Å². The molecule has 7 heteroatoms. The number of methoxy groups -OCH3 is 1. The lowest BCUT2D eigenvalue weighted by atomic mass is 10.0. The Bertz CT molecular complexity index is 1350. The summed E-state index contributed by atoms with van der Waals surface area (Å²) in [4.78, 5) is 41.2. The van der Waals surface area contributed by atoms with E-state index >= 15 is 0 Å². The van der Waals surface area contributed by atoms with E-state index in [1.165, 1.54) is 13.2 Å². The van der Waals surface area contributed by atoms with Gasteiger partial charge in [-0.2, -0.15) is 0 Å². The number of carbonyl (C=O) groups excluding carboxylic acids is 2. The molecule has 0 aliphatic heterocycles. The van der Waals surface area contributed by atoms with Crippen LogP contribution in [0.3, 0.4) is 0 Å². The molecule has 146 valence electrons. The molecule has 0 aliphatic carbocycles. The summed E-state index contributed by atoms with van der Waals surface area (Å²) in [6.07, 6.45) is 3.14. The number of nitrogens with zero attached hydrogens (tertiary/aromatic N) is 1. The molecule has 0 unspecified atom stereocenters. The van der Waals surface area contributed by atoms with Gasteiger partial charge in [-0.25, -0.2) is 0 Å². The van der Waals surface area contributed by atoms with Crippen molar-refractivity contribution in [2.45, 2.75) is 6.92 Å². The van der Waals surface area contributed by atoms with Crippen LogP contribution in [0.15, 0.2) is 53.6 Å². The topological polar surface area (TPSA) is 92.7 Å². The molecule has 0 fully saturated rings. The number of pyridine rings is 2. The maximum Gasteiger partial charge on any atom is 0.256 e. The number of hydrogen-bond donors (Lipinski definition) is 2. The molecule has 0 radical (unpaired) electrons. The zero-order chi connectivity index (χ0) is 20.7. The molecule has 7 nitrogen and oxygen atoms in total. The van der Waals surface area contributed by atoms with Crippen LogP contribution in [0, 0.1) is 6.92 Å². The number of ether oxygens (including phenoxy) is 1. The van der Waals surface area contributed by atoms with Crippen molar-refractivity contribution in [2.24, 2.45) is 0 Å². The van der Waals surface area contributed by atoms with Crippen LogP contribution < -0.4 is 15.5 Å². The molecule has 0 aliphatic rings. The monoisotopic (exact) mass is 389 g/mol. The van der Waals surface area contributed by atoms with Crippen molar-refractivity contribution in [3.63, 3.8) is 0 Å². The molecule has 29 heavy (non-hydrogen) atoms. The summed E-state index contributed by atoms with van der Waals surface area (Å²) in [5.41, 5.74) is 2.26. The normalized spacial score (nSPS) is 11.0. The number of nitrogens with one attached hydrogen (secondary N) is 2. The summed E-state index contributed by atoms with van der Waals surface area (Å²) in [5.74, 6) is -0.103. The summed E-state index contributed by atoms with van der Waals surface area (Å²) in [5, 5.41) is 2.72. The minimum atomic E-state index is -0.483. The van der Waals surface area contributed by atoms with E-state index in [0.717, 1.165) is 5.52 Å². The van der Waals surface area contributed by atoms with Crippen molar-refractivity contribution < 1.29 is 14.3 Å². The van der Waals surface area contributed by atoms with Crippen LogP contribution in [0.1, 0.15) is 32.0 Å². The molecule has 0 spiro atoms. The summed E-state index contributed by atoms with van der Waals surface area (Å²) >= 11 is 0.